The van der Waals surface area contributed by atoms with Gasteiger partial charge >= 0.3 is 20.0 Å². The highest BCUT2D eigenvalue weighted by atomic mass is 31.2. The number of nitrogens with zero attached hydrogens (tertiary/aromatic N) is 1. The maximum absolute atomic E-state index is 14.9. The van der Waals surface area contributed by atoms with E-state index in [1.165, 1.54) is 14.2 Å². The van der Waals surface area contributed by atoms with E-state index in [9.17, 15) is 33.5 Å². The molecular weight excluding hydrogens is 757 g/mol. The van der Waals surface area contributed by atoms with Crippen LogP contribution in [-0.2, 0) is 45.7 Å². The van der Waals surface area contributed by atoms with E-state index in [1.807, 2.05) is 72.8 Å². The Bertz CT molecular complexity index is 1800. The Labute approximate surface area is 334 Å². The number of amides is 4. The number of pyridine rings is 1. The van der Waals surface area contributed by atoms with Gasteiger partial charge in [0.1, 0.15) is 6.54 Å². The van der Waals surface area contributed by atoms with Gasteiger partial charge in [-0.25, -0.2) is 14.2 Å². The number of aromatic nitrogens is 1. The van der Waals surface area contributed by atoms with Crippen LogP contribution in [-0.4, -0.2) is 90.1 Å². The molecule has 17 heteroatoms. The van der Waals surface area contributed by atoms with Crippen molar-refractivity contribution >= 4 is 31.8 Å². The summed E-state index contributed by atoms with van der Waals surface area (Å²) in [6.45, 7) is 9.38. The molecule has 0 fully saturated rings. The molecule has 3 atom stereocenters. The van der Waals surface area contributed by atoms with E-state index in [0.29, 0.717) is 0 Å². The molecule has 57 heavy (non-hydrogen) atoms. The summed E-state index contributed by atoms with van der Waals surface area (Å²) in [6.07, 6.45) is -0.710. The van der Waals surface area contributed by atoms with Crippen molar-refractivity contribution < 1.29 is 52.3 Å². The predicted molar refractivity (Wildman–Crippen MR) is 212 cm³/mol. The molecule has 0 saturated carbocycles. The highest BCUT2D eigenvalue weighted by Crippen LogP contribution is 2.47. The van der Waals surface area contributed by atoms with Crippen molar-refractivity contribution in [3.63, 3.8) is 0 Å². The van der Waals surface area contributed by atoms with E-state index < -0.39 is 79.8 Å². The van der Waals surface area contributed by atoms with E-state index in [4.69, 9.17) is 14.0 Å². The number of phosphoric acid groups is 1. The van der Waals surface area contributed by atoms with Crippen molar-refractivity contribution in [3.8, 4) is 11.3 Å². The second kappa shape index (κ2) is 20.5. The molecule has 0 aliphatic rings. The molecule has 1 aromatic heterocycles. The van der Waals surface area contributed by atoms with Crippen LogP contribution in [0.1, 0.15) is 59.1 Å². The molecule has 3 aromatic rings. The minimum Gasteiger partial charge on any atom is -0.453 e. The van der Waals surface area contributed by atoms with Crippen LogP contribution in [0.5, 0.6) is 0 Å². The molecule has 16 nitrogen and oxygen atoms in total. The molecule has 4 amide bonds. The molecular formula is C40H56N5O11P. The average Bonchev–Trinajstić information content (AvgIpc) is 3.14. The van der Waals surface area contributed by atoms with Gasteiger partial charge in [-0.1, -0.05) is 102 Å². The van der Waals surface area contributed by atoms with Gasteiger partial charge in [0.15, 0.2) is 6.79 Å². The highest BCUT2D eigenvalue weighted by Gasteiger charge is 2.60. The van der Waals surface area contributed by atoms with Crippen molar-refractivity contribution in [2.45, 2.75) is 84.6 Å². The highest BCUT2D eigenvalue weighted by molar-refractivity contribution is 7.46. The minimum atomic E-state index is -5.00. The fourth-order valence-electron chi connectivity index (χ4n) is 6.90. The number of ether oxygens (including phenoxy) is 3. The number of phosphoric ester groups is 1. The van der Waals surface area contributed by atoms with Gasteiger partial charge in [-0.3, -0.25) is 19.1 Å². The van der Waals surface area contributed by atoms with E-state index in [0.717, 1.165) is 22.4 Å². The quantitative estimate of drug-likeness (QED) is 0.0747. The Balaban J connectivity index is 2.13. The number of alkyl carbamates (subject to hydrolysis) is 2. The number of nitrogens with one attached hydrogen (secondary N) is 4. The van der Waals surface area contributed by atoms with Crippen LogP contribution >= 0.6 is 7.82 Å². The molecule has 0 spiro atoms. The summed E-state index contributed by atoms with van der Waals surface area (Å²) in [5, 5.41) is 10.8. The van der Waals surface area contributed by atoms with Crippen molar-refractivity contribution in [1.82, 2.24) is 26.3 Å². The second-order valence-corrected chi connectivity index (χ2v) is 16.7. The minimum absolute atomic E-state index is 0.0391. The third-order valence-electron chi connectivity index (χ3n) is 9.31. The third kappa shape index (κ3) is 13.9. The first-order valence-corrected chi connectivity index (χ1v) is 19.9. The van der Waals surface area contributed by atoms with E-state index in [1.54, 1.807) is 47.7 Å². The van der Waals surface area contributed by atoms with Crippen LogP contribution in [0.3, 0.4) is 0 Å². The van der Waals surface area contributed by atoms with Gasteiger partial charge in [0.25, 0.3) is 5.91 Å². The zero-order valence-corrected chi connectivity index (χ0v) is 34.6. The number of carbonyl (C=O) groups is 4. The normalized spacial score (nSPS) is 13.7. The van der Waals surface area contributed by atoms with E-state index >= 15 is 0 Å². The largest absolute Gasteiger partial charge is 0.471 e. The molecule has 3 rings (SSSR count). The number of benzene rings is 2. The van der Waals surface area contributed by atoms with Crippen LogP contribution in [0.4, 0.5) is 9.59 Å². The lowest BCUT2D eigenvalue weighted by Crippen LogP contribution is -2.67. The fourth-order valence-corrected chi connectivity index (χ4v) is 7.10. The first-order valence-electron chi connectivity index (χ1n) is 18.4. The van der Waals surface area contributed by atoms with E-state index in [-0.39, 0.29) is 19.3 Å². The number of hydrogen-bond acceptors (Lipinski definition) is 10. The molecule has 1 heterocycles. The molecule has 0 radical (unpaired) electrons. The molecule has 0 saturated heterocycles. The molecule has 0 bridgehead atoms. The van der Waals surface area contributed by atoms with Crippen LogP contribution in [0.25, 0.3) is 11.3 Å². The monoisotopic (exact) mass is 813 g/mol. The first-order chi connectivity index (χ1) is 26.7. The van der Waals surface area contributed by atoms with Gasteiger partial charge < -0.3 is 45.3 Å². The number of hydrogen-bond donors (Lipinski definition) is 6. The smallest absolute Gasteiger partial charge is 0.453 e. The second-order valence-electron chi connectivity index (χ2n) is 15.5. The molecule has 0 aliphatic heterocycles. The Hall–Kier alpha value is -4.86. The summed E-state index contributed by atoms with van der Waals surface area (Å²) in [5.41, 5.74) is -0.512. The molecule has 2 aromatic carbocycles. The van der Waals surface area contributed by atoms with Gasteiger partial charge in [0.05, 0.1) is 24.9 Å². The van der Waals surface area contributed by atoms with E-state index in [2.05, 4.69) is 31.0 Å². The van der Waals surface area contributed by atoms with Crippen molar-refractivity contribution in [3.05, 3.63) is 90.1 Å². The lowest BCUT2D eigenvalue weighted by Gasteiger charge is -2.51. The Morgan fingerprint density at radius 2 is 1.42 bits per heavy atom. The lowest BCUT2D eigenvalue weighted by molar-refractivity contribution is -0.176. The summed E-state index contributed by atoms with van der Waals surface area (Å²) in [5.74, 6) is -1.22. The third-order valence-corrected chi connectivity index (χ3v) is 9.75. The van der Waals surface area contributed by atoms with Gasteiger partial charge in [-0.15, -0.1) is 0 Å². The lowest BCUT2D eigenvalue weighted by atomic mass is 9.61. The van der Waals surface area contributed by atoms with Crippen LogP contribution in [0.2, 0.25) is 0 Å². The Morgan fingerprint density at radius 3 is 1.96 bits per heavy atom. The SMILES string of the molecule is CNC(=O)OC(C(=O)NC(Cc1ccccc1)C(CC(Cc1ccc(-c2ccccn2)cc1)NC(=O)CNC(=O)OC)OCOP(=O)(O)O)(C(C)(C)C)C(C)(C)C. The van der Waals surface area contributed by atoms with Crippen LogP contribution < -0.4 is 21.3 Å². The maximum Gasteiger partial charge on any atom is 0.471 e. The summed E-state index contributed by atoms with van der Waals surface area (Å²) in [4.78, 5) is 76.3. The standard InChI is InChI=1S/C40H56N5O11P/c1-38(2,3)40(39(4,5)6,56-36(48)41-7)35(47)45-32(23-27-14-10-9-11-15-27)33(54-26-55-57(50,51)52)24-30(44-34(46)25-43-37(49)53-8)22-28-17-19-29(20-18-28)31-16-12-13-21-42-31/h9-21,30,32-33H,22-26H2,1-8H3,(H,41,48)(H,43,49)(H,44,46)(H,45,47)(H2,50,51,52). The molecule has 0 aliphatic carbocycles. The zero-order valence-electron chi connectivity index (χ0n) is 33.7. The first kappa shape index (κ1) is 46.5. The average molecular weight is 814 g/mol. The van der Waals surface area contributed by atoms with Crippen molar-refractivity contribution in [2.24, 2.45) is 10.8 Å². The van der Waals surface area contributed by atoms with Crippen molar-refractivity contribution in [1.29, 1.82) is 0 Å². The number of carbonyl (C=O) groups excluding carboxylic acids is 4. The van der Waals surface area contributed by atoms with Gasteiger partial charge in [-0.2, -0.15) is 0 Å². The van der Waals surface area contributed by atoms with Crippen LogP contribution in [0, 0.1) is 10.8 Å². The van der Waals surface area contributed by atoms with Gasteiger partial charge in [0.2, 0.25) is 11.5 Å². The van der Waals surface area contributed by atoms with Gasteiger partial charge in [0, 0.05) is 35.7 Å². The maximum atomic E-state index is 14.9. The zero-order chi connectivity index (χ0) is 42.4. The fraction of sp³-hybridized carbons (Fsp3) is 0.475. The summed E-state index contributed by atoms with van der Waals surface area (Å²) >= 11 is 0. The summed E-state index contributed by atoms with van der Waals surface area (Å²) in [6, 6.07) is 20.5. The number of rotatable bonds is 18. The molecule has 312 valence electrons. The van der Waals surface area contributed by atoms with Gasteiger partial charge in [-0.05, 0) is 42.5 Å². The molecule has 3 unspecified atom stereocenters. The summed E-state index contributed by atoms with van der Waals surface area (Å²) in [7, 11) is -2.45. The Kier molecular flexibility index (Phi) is 16.8. The summed E-state index contributed by atoms with van der Waals surface area (Å²) < 4.78 is 33.2. The predicted octanol–water partition coefficient (Wildman–Crippen LogP) is 4.89. The Morgan fingerprint density at radius 1 is 0.807 bits per heavy atom. The topological polar surface area (TPSA) is 224 Å². The van der Waals surface area contributed by atoms with Crippen LogP contribution in [0.15, 0.2) is 79.0 Å². The number of methoxy groups -OCH3 is 1. The molecule has 6 N–H and O–H groups in total. The van der Waals surface area contributed by atoms with Crippen molar-refractivity contribution in [2.75, 3.05) is 27.5 Å².